The number of carbonyl (C=O) groups is 1. The predicted molar refractivity (Wildman–Crippen MR) is 45.8 cm³/mol. The van der Waals surface area contributed by atoms with E-state index in [1.807, 2.05) is 6.07 Å². The first-order chi connectivity index (χ1) is 5.86. The van der Waals surface area contributed by atoms with Crippen molar-refractivity contribution in [1.82, 2.24) is 0 Å². The lowest BCUT2D eigenvalue weighted by Crippen LogP contribution is -1.81. The molecule has 1 aromatic rings. The Hall–Kier alpha value is -0.840. The van der Waals surface area contributed by atoms with Crippen LogP contribution in [0.1, 0.15) is 10.4 Å². The highest BCUT2D eigenvalue weighted by atomic mass is 32.2. The largest absolute Gasteiger partial charge is 0.298 e. The Balaban J connectivity index is 2.66. The Morgan fingerprint density at radius 1 is 1.50 bits per heavy atom. The molecule has 0 heterocycles. The first kappa shape index (κ1) is 9.25. The van der Waals surface area contributed by atoms with E-state index in [2.05, 4.69) is 9.22 Å². The molecule has 0 saturated carbocycles. The van der Waals surface area contributed by atoms with Gasteiger partial charge in [0.2, 0.25) is 0 Å². The van der Waals surface area contributed by atoms with Gasteiger partial charge in [0.1, 0.15) is 6.29 Å². The van der Waals surface area contributed by atoms with Crippen LogP contribution in [0, 0.1) is 0 Å². The second-order valence-corrected chi connectivity index (χ2v) is 2.78. The molecule has 0 aliphatic heterocycles. The van der Waals surface area contributed by atoms with Gasteiger partial charge in [-0.2, -0.15) is 4.33 Å². The van der Waals surface area contributed by atoms with Gasteiger partial charge < -0.3 is 0 Å². The Morgan fingerprint density at radius 2 is 2.33 bits per heavy atom. The Kier molecular flexibility index (Phi) is 3.79. The van der Waals surface area contributed by atoms with Gasteiger partial charge in [0.25, 0.3) is 0 Å². The van der Waals surface area contributed by atoms with Crippen LogP contribution >= 0.6 is 12.0 Å². The summed E-state index contributed by atoms with van der Waals surface area (Å²) >= 11 is 1.07. The van der Waals surface area contributed by atoms with Gasteiger partial charge in [-0.1, -0.05) is 12.1 Å². The van der Waals surface area contributed by atoms with Gasteiger partial charge in [-0.25, -0.2) is 4.89 Å². The fourth-order valence-corrected chi connectivity index (χ4v) is 1.18. The lowest BCUT2D eigenvalue weighted by atomic mass is 10.2. The summed E-state index contributed by atoms with van der Waals surface area (Å²) in [6.07, 6.45) is 0.789. The second kappa shape index (κ2) is 4.92. The summed E-state index contributed by atoms with van der Waals surface area (Å²) in [4.78, 5) is 15.6. The minimum absolute atomic E-state index is 0.625. The zero-order valence-electron chi connectivity index (χ0n) is 6.52. The monoisotopic (exact) mass is 184 g/mol. The molecular formula is C8H8O3S. The van der Waals surface area contributed by atoms with Crippen LogP contribution in [0.25, 0.3) is 0 Å². The minimum atomic E-state index is 0.625. The summed E-state index contributed by atoms with van der Waals surface area (Å²) < 4.78 is 4.62. The van der Waals surface area contributed by atoms with Gasteiger partial charge in [-0.15, -0.1) is 0 Å². The van der Waals surface area contributed by atoms with Crippen molar-refractivity contribution >= 4 is 18.3 Å². The molecule has 0 N–H and O–H groups in total. The smallest absolute Gasteiger partial charge is 0.150 e. The lowest BCUT2D eigenvalue weighted by molar-refractivity contribution is -0.160. The second-order valence-electron chi connectivity index (χ2n) is 2.01. The van der Waals surface area contributed by atoms with E-state index < -0.39 is 0 Å². The normalized spacial score (nSPS) is 9.75. The van der Waals surface area contributed by atoms with Crippen LogP contribution in [-0.4, -0.2) is 13.4 Å². The maximum Gasteiger partial charge on any atom is 0.150 e. The van der Waals surface area contributed by atoms with Crippen molar-refractivity contribution in [1.29, 1.82) is 0 Å². The molecule has 0 fully saturated rings. The number of rotatable bonds is 4. The van der Waals surface area contributed by atoms with Gasteiger partial charge in [-0.3, -0.25) is 4.79 Å². The molecule has 0 aromatic heterocycles. The number of hydrogen-bond donors (Lipinski definition) is 0. The summed E-state index contributed by atoms with van der Waals surface area (Å²) in [7, 11) is 1.43. The minimum Gasteiger partial charge on any atom is -0.298 e. The van der Waals surface area contributed by atoms with Crippen LogP contribution in [0.3, 0.4) is 0 Å². The highest BCUT2D eigenvalue weighted by Crippen LogP contribution is 2.19. The van der Waals surface area contributed by atoms with E-state index in [1.54, 1.807) is 18.2 Å². The van der Waals surface area contributed by atoms with E-state index in [0.717, 1.165) is 23.2 Å². The molecule has 64 valence electrons. The Morgan fingerprint density at radius 3 is 3.00 bits per heavy atom. The van der Waals surface area contributed by atoms with Gasteiger partial charge in [0, 0.05) is 10.5 Å². The van der Waals surface area contributed by atoms with Gasteiger partial charge in [0.15, 0.2) is 0 Å². The van der Waals surface area contributed by atoms with Crippen LogP contribution in [-0.2, 0) is 9.22 Å². The maximum absolute atomic E-state index is 10.4. The maximum atomic E-state index is 10.4. The summed E-state index contributed by atoms with van der Waals surface area (Å²) in [5, 5.41) is 0. The Labute approximate surface area is 74.8 Å². The molecule has 3 nitrogen and oxygen atoms in total. The van der Waals surface area contributed by atoms with Crippen LogP contribution in [0.5, 0.6) is 0 Å². The van der Waals surface area contributed by atoms with E-state index in [9.17, 15) is 4.79 Å². The summed E-state index contributed by atoms with van der Waals surface area (Å²) in [6, 6.07) is 7.06. The molecule has 0 radical (unpaired) electrons. The first-order valence-corrected chi connectivity index (χ1v) is 4.03. The molecule has 0 aliphatic carbocycles. The summed E-state index contributed by atoms with van der Waals surface area (Å²) in [5.41, 5.74) is 0.625. The molecule has 0 spiro atoms. The third kappa shape index (κ3) is 2.65. The molecule has 0 aliphatic rings. The van der Waals surface area contributed by atoms with Gasteiger partial charge in [0.05, 0.1) is 19.2 Å². The zero-order chi connectivity index (χ0) is 8.81. The van der Waals surface area contributed by atoms with E-state index in [-0.39, 0.29) is 0 Å². The quantitative estimate of drug-likeness (QED) is 0.310. The molecule has 4 heteroatoms. The van der Waals surface area contributed by atoms with Crippen molar-refractivity contribution in [2.24, 2.45) is 0 Å². The van der Waals surface area contributed by atoms with Crippen LogP contribution in [0.4, 0.5) is 0 Å². The molecule has 0 atom stereocenters. The molecule has 0 saturated heterocycles. The predicted octanol–water partition coefficient (Wildman–Crippen LogP) is 2.08. The Bertz CT molecular complexity index is 262. The molecule has 0 bridgehead atoms. The standard InChI is InChI=1S/C8H8O3S/c1-10-11-12-8-4-2-3-7(5-8)6-9/h2-6H,1H3. The van der Waals surface area contributed by atoms with E-state index in [1.165, 1.54) is 7.11 Å². The van der Waals surface area contributed by atoms with Crippen LogP contribution in [0.2, 0.25) is 0 Å². The fourth-order valence-electron chi connectivity index (χ4n) is 0.713. The lowest BCUT2D eigenvalue weighted by Gasteiger charge is -1.98. The highest BCUT2D eigenvalue weighted by Gasteiger charge is 1.95. The van der Waals surface area contributed by atoms with Crippen LogP contribution < -0.4 is 0 Å². The summed E-state index contributed by atoms with van der Waals surface area (Å²) in [6.45, 7) is 0. The van der Waals surface area contributed by atoms with Crippen molar-refractivity contribution in [3.8, 4) is 0 Å². The van der Waals surface area contributed by atoms with E-state index in [4.69, 9.17) is 0 Å². The van der Waals surface area contributed by atoms with E-state index in [0.29, 0.717) is 5.56 Å². The molecule has 0 unspecified atom stereocenters. The van der Waals surface area contributed by atoms with Crippen molar-refractivity contribution in [2.45, 2.75) is 4.90 Å². The van der Waals surface area contributed by atoms with Crippen molar-refractivity contribution in [3.05, 3.63) is 29.8 Å². The number of aldehydes is 1. The highest BCUT2D eigenvalue weighted by molar-refractivity contribution is 7.94. The average Bonchev–Trinajstić information content (AvgIpc) is 2.15. The third-order valence-corrected chi connectivity index (χ3v) is 1.84. The number of benzene rings is 1. The third-order valence-electron chi connectivity index (χ3n) is 1.19. The average molecular weight is 184 g/mol. The number of hydrogen-bond acceptors (Lipinski definition) is 4. The van der Waals surface area contributed by atoms with Crippen molar-refractivity contribution < 1.29 is 14.0 Å². The molecular weight excluding hydrogens is 176 g/mol. The fraction of sp³-hybridized carbons (Fsp3) is 0.125. The van der Waals surface area contributed by atoms with E-state index >= 15 is 0 Å². The summed E-state index contributed by atoms with van der Waals surface area (Å²) in [5.74, 6) is 0. The zero-order valence-corrected chi connectivity index (χ0v) is 7.34. The molecule has 1 rings (SSSR count). The van der Waals surface area contributed by atoms with Gasteiger partial charge in [-0.05, 0) is 12.1 Å². The molecule has 0 amide bonds. The van der Waals surface area contributed by atoms with Crippen LogP contribution in [0.15, 0.2) is 29.2 Å². The topological polar surface area (TPSA) is 35.5 Å². The number of carbonyl (C=O) groups excluding carboxylic acids is 1. The SMILES string of the molecule is COOSc1cccc(C=O)c1. The first-order valence-electron chi connectivity index (χ1n) is 3.29. The van der Waals surface area contributed by atoms with Crippen molar-refractivity contribution in [3.63, 3.8) is 0 Å². The molecule has 1 aromatic carbocycles. The van der Waals surface area contributed by atoms with Crippen molar-refractivity contribution in [2.75, 3.05) is 7.11 Å². The van der Waals surface area contributed by atoms with Gasteiger partial charge >= 0.3 is 0 Å². The molecule has 12 heavy (non-hydrogen) atoms.